The molecule has 0 saturated carbocycles. The molecule has 1 aliphatic rings. The maximum Gasteiger partial charge on any atom is 0.303 e. The average molecular weight is 572 g/mol. The minimum Gasteiger partial charge on any atom is -0.481 e. The fourth-order valence-electron chi connectivity index (χ4n) is 4.86. The molecule has 0 spiro atoms. The number of hydrogen-bond donors (Lipinski definition) is 6. The first-order valence-electron chi connectivity index (χ1n) is 14.0. The van der Waals surface area contributed by atoms with Gasteiger partial charge in [-0.25, -0.2) is 0 Å². The summed E-state index contributed by atoms with van der Waals surface area (Å²) in [6, 6.07) is 24.5. The van der Waals surface area contributed by atoms with Crippen molar-refractivity contribution in [3.05, 3.63) is 84.4 Å². The van der Waals surface area contributed by atoms with E-state index in [2.05, 4.69) is 57.3 Å². The van der Waals surface area contributed by atoms with Gasteiger partial charge in [0, 0.05) is 12.5 Å². The number of nitrogens with zero attached hydrogens (tertiary/aromatic N) is 1. The van der Waals surface area contributed by atoms with Crippen LogP contribution in [0.5, 0.6) is 0 Å². The number of carboxylic acid groups (broad SMARTS) is 1. The molecule has 3 aromatic rings. The summed E-state index contributed by atoms with van der Waals surface area (Å²) in [6.45, 7) is 0.459. The highest BCUT2D eigenvalue weighted by Crippen LogP contribution is 2.25. The lowest BCUT2D eigenvalue weighted by molar-refractivity contribution is -0.137. The molecule has 2 unspecified atom stereocenters. The molecule has 0 aromatic heterocycles. The summed E-state index contributed by atoms with van der Waals surface area (Å²) < 4.78 is 0. The van der Waals surface area contributed by atoms with E-state index in [-0.39, 0.29) is 25.3 Å². The molecular weight excluding hydrogens is 534 g/mol. The van der Waals surface area contributed by atoms with Gasteiger partial charge in [0.15, 0.2) is 0 Å². The van der Waals surface area contributed by atoms with Crippen LogP contribution in [0.2, 0.25) is 0 Å². The molecule has 0 aliphatic carbocycles. The van der Waals surface area contributed by atoms with Gasteiger partial charge in [0.1, 0.15) is 12.3 Å². The van der Waals surface area contributed by atoms with Gasteiger partial charge in [-0.2, -0.15) is 0 Å². The number of benzene rings is 3. The maximum atomic E-state index is 13.0. The van der Waals surface area contributed by atoms with Crippen LogP contribution in [0.15, 0.2) is 83.9 Å². The fourth-order valence-corrected chi connectivity index (χ4v) is 4.86. The lowest BCUT2D eigenvalue weighted by Crippen LogP contribution is -2.55. The molecule has 10 nitrogen and oxygen atoms in total. The Balaban J connectivity index is 1.31. The van der Waals surface area contributed by atoms with E-state index >= 15 is 0 Å². The van der Waals surface area contributed by atoms with Crippen LogP contribution < -0.4 is 21.7 Å². The molecular formula is C32H37N5O5. The highest BCUT2D eigenvalue weighted by molar-refractivity contribution is 5.89. The minimum atomic E-state index is -1.07. The van der Waals surface area contributed by atoms with Crippen LogP contribution in [0.4, 0.5) is 0 Å². The minimum absolute atomic E-state index is 0.0632. The van der Waals surface area contributed by atoms with Gasteiger partial charge in [-0.3, -0.25) is 24.7 Å². The maximum absolute atomic E-state index is 13.0. The smallest absolute Gasteiger partial charge is 0.303 e. The van der Waals surface area contributed by atoms with Crippen LogP contribution in [-0.4, -0.2) is 65.2 Å². The third kappa shape index (κ3) is 8.98. The first-order valence-corrected chi connectivity index (χ1v) is 14.0. The Morgan fingerprint density at radius 1 is 0.881 bits per heavy atom. The lowest BCUT2D eigenvalue weighted by Gasteiger charge is -2.25. The van der Waals surface area contributed by atoms with Crippen molar-refractivity contribution in [2.45, 2.75) is 56.5 Å². The third-order valence-electron chi connectivity index (χ3n) is 7.25. The number of amides is 2. The second-order valence-electron chi connectivity index (χ2n) is 10.4. The number of hydrogen-bond acceptors (Lipinski definition) is 7. The summed E-state index contributed by atoms with van der Waals surface area (Å²) in [4.78, 5) is 40.2. The molecule has 0 radical (unpaired) electrons. The van der Waals surface area contributed by atoms with Crippen LogP contribution in [0.3, 0.4) is 0 Å². The summed E-state index contributed by atoms with van der Waals surface area (Å²) in [5.74, 6) is -2.37. The molecule has 1 heterocycles. The molecule has 220 valence electrons. The van der Waals surface area contributed by atoms with E-state index in [4.69, 9.17) is 10.8 Å². The van der Waals surface area contributed by atoms with Crippen LogP contribution in [0, 0.1) is 0 Å². The van der Waals surface area contributed by atoms with Gasteiger partial charge in [-0.05, 0) is 53.5 Å². The Morgan fingerprint density at radius 2 is 1.48 bits per heavy atom. The Kier molecular flexibility index (Phi) is 10.8. The number of carbonyl (C=O) groups excluding carboxylic acids is 2. The number of aliphatic imine (C=N–C) groups is 1. The predicted octanol–water partition coefficient (Wildman–Crippen LogP) is 2.45. The van der Waals surface area contributed by atoms with Crippen molar-refractivity contribution in [2.24, 2.45) is 10.7 Å². The number of carboxylic acids is 1. The molecule has 10 heteroatoms. The SMILES string of the molecule is NC(=O)[C@H](CC1CN=CN1)NC(=O)[C@H](CCC(=O)O)NC(O)CCc1ccc(-c2ccc(-c3ccccc3)cc2)cc1. The summed E-state index contributed by atoms with van der Waals surface area (Å²) >= 11 is 0. The van der Waals surface area contributed by atoms with Crippen molar-refractivity contribution < 1.29 is 24.6 Å². The zero-order valence-electron chi connectivity index (χ0n) is 23.3. The van der Waals surface area contributed by atoms with Gasteiger partial charge >= 0.3 is 5.97 Å². The molecule has 1 aliphatic heterocycles. The number of rotatable bonds is 15. The topological polar surface area (TPSA) is 166 Å². The van der Waals surface area contributed by atoms with E-state index in [0.29, 0.717) is 19.4 Å². The number of carbonyl (C=O) groups is 3. The van der Waals surface area contributed by atoms with Gasteiger partial charge in [0.05, 0.1) is 18.9 Å². The Bertz CT molecular complexity index is 1350. The Hall–Kier alpha value is -4.54. The molecule has 0 bridgehead atoms. The highest BCUT2D eigenvalue weighted by Gasteiger charge is 2.28. The predicted molar refractivity (Wildman–Crippen MR) is 161 cm³/mol. The summed E-state index contributed by atoms with van der Waals surface area (Å²) in [5.41, 5.74) is 11.0. The number of primary amides is 1. The number of aryl methyl sites for hydroxylation is 1. The zero-order valence-corrected chi connectivity index (χ0v) is 23.3. The standard InChI is InChI=1S/C32H37N5O5/c33-31(41)28(18-26-19-34-20-35-26)37-32(42)27(15-17-30(39)40)36-29(38)16-8-21-6-9-23(10-7-21)25-13-11-24(12-14-25)22-4-2-1-3-5-22/h1-7,9-14,20,26-29,36,38H,8,15-19H2,(H2,33,41)(H,34,35)(H,37,42)(H,39,40)/t26?,27-,28-,29?/m0/s1. The average Bonchev–Trinajstić information content (AvgIpc) is 3.52. The summed E-state index contributed by atoms with van der Waals surface area (Å²) in [6.07, 6.45) is 1.18. The molecule has 3 aromatic carbocycles. The van der Waals surface area contributed by atoms with Crippen molar-refractivity contribution in [3.63, 3.8) is 0 Å². The van der Waals surface area contributed by atoms with Gasteiger partial charge < -0.3 is 26.6 Å². The molecule has 42 heavy (non-hydrogen) atoms. The Labute approximate surface area is 245 Å². The monoisotopic (exact) mass is 571 g/mol. The quantitative estimate of drug-likeness (QED) is 0.152. The molecule has 0 saturated heterocycles. The molecule has 7 N–H and O–H groups in total. The normalized spacial score (nSPS) is 16.3. The third-order valence-corrected chi connectivity index (χ3v) is 7.25. The molecule has 4 atom stereocenters. The number of aliphatic hydroxyl groups excluding tert-OH is 1. The van der Waals surface area contributed by atoms with E-state index in [0.717, 1.165) is 22.3 Å². The van der Waals surface area contributed by atoms with Crippen molar-refractivity contribution in [1.82, 2.24) is 16.0 Å². The number of aliphatic carboxylic acids is 1. The largest absolute Gasteiger partial charge is 0.481 e. The summed E-state index contributed by atoms with van der Waals surface area (Å²) in [7, 11) is 0. The van der Waals surface area contributed by atoms with Crippen molar-refractivity contribution in [3.8, 4) is 22.3 Å². The van der Waals surface area contributed by atoms with E-state index < -0.39 is 36.1 Å². The van der Waals surface area contributed by atoms with Gasteiger partial charge in [-0.1, -0.05) is 78.9 Å². The first-order chi connectivity index (χ1) is 20.3. The van der Waals surface area contributed by atoms with E-state index in [1.54, 1.807) is 0 Å². The number of aliphatic hydroxyl groups is 1. The highest BCUT2D eigenvalue weighted by atomic mass is 16.4. The lowest BCUT2D eigenvalue weighted by atomic mass is 9.99. The van der Waals surface area contributed by atoms with Crippen molar-refractivity contribution in [2.75, 3.05) is 6.54 Å². The fraction of sp³-hybridized carbons (Fsp3) is 0.312. The van der Waals surface area contributed by atoms with Crippen molar-refractivity contribution >= 4 is 24.1 Å². The van der Waals surface area contributed by atoms with Crippen LogP contribution in [0.1, 0.15) is 31.2 Å². The number of nitrogens with two attached hydrogens (primary N) is 1. The summed E-state index contributed by atoms with van der Waals surface area (Å²) in [5, 5.41) is 28.2. The number of nitrogens with one attached hydrogen (secondary N) is 3. The second kappa shape index (κ2) is 14.9. The van der Waals surface area contributed by atoms with Gasteiger partial charge in [-0.15, -0.1) is 0 Å². The van der Waals surface area contributed by atoms with E-state index in [1.807, 2.05) is 42.5 Å². The van der Waals surface area contributed by atoms with Crippen LogP contribution >= 0.6 is 0 Å². The van der Waals surface area contributed by atoms with Crippen molar-refractivity contribution in [1.29, 1.82) is 0 Å². The van der Waals surface area contributed by atoms with E-state index in [1.165, 1.54) is 11.9 Å². The van der Waals surface area contributed by atoms with Gasteiger partial charge in [0.25, 0.3) is 0 Å². The van der Waals surface area contributed by atoms with Crippen LogP contribution in [0.25, 0.3) is 22.3 Å². The zero-order chi connectivity index (χ0) is 29.9. The first kappa shape index (κ1) is 30.4. The Morgan fingerprint density at radius 3 is 2.02 bits per heavy atom. The van der Waals surface area contributed by atoms with Crippen LogP contribution in [-0.2, 0) is 20.8 Å². The molecule has 4 rings (SSSR count). The van der Waals surface area contributed by atoms with E-state index in [9.17, 15) is 19.5 Å². The second-order valence-corrected chi connectivity index (χ2v) is 10.4. The van der Waals surface area contributed by atoms with Gasteiger partial charge in [0.2, 0.25) is 11.8 Å². The molecule has 2 amide bonds. The molecule has 0 fully saturated rings.